The number of furan rings is 1. The second-order valence-electron chi connectivity index (χ2n) is 4.01. The molecule has 0 amide bonds. The van der Waals surface area contributed by atoms with Crippen molar-refractivity contribution in [3.8, 4) is 11.3 Å². The molecule has 0 aliphatic heterocycles. The molecule has 2 aromatic carbocycles. The largest absolute Gasteiger partial charge is 0.455 e. The number of anilines is 1. The van der Waals surface area contributed by atoms with Crippen LogP contribution in [0.4, 0.5) is 5.69 Å². The first-order valence-corrected chi connectivity index (χ1v) is 6.14. The number of benzene rings is 2. The van der Waals surface area contributed by atoms with Crippen molar-refractivity contribution in [1.82, 2.24) is 0 Å². The molecule has 3 aromatic rings. The van der Waals surface area contributed by atoms with Gasteiger partial charge >= 0.3 is 0 Å². The van der Waals surface area contributed by atoms with E-state index < -0.39 is 0 Å². The molecule has 18 heavy (non-hydrogen) atoms. The van der Waals surface area contributed by atoms with E-state index in [-0.39, 0.29) is 0 Å². The molecule has 0 saturated heterocycles. The SMILES string of the molecule is Nc1ccc(-c2cc3cccc(Cl)c3o2)cc1Cl. The summed E-state index contributed by atoms with van der Waals surface area (Å²) < 4.78 is 5.75. The Kier molecular flexibility index (Phi) is 2.69. The number of fused-ring (bicyclic) bond motifs is 1. The van der Waals surface area contributed by atoms with Gasteiger partial charge in [0, 0.05) is 10.9 Å². The smallest absolute Gasteiger partial charge is 0.153 e. The minimum atomic E-state index is 0.513. The summed E-state index contributed by atoms with van der Waals surface area (Å²) in [7, 11) is 0. The molecule has 1 aromatic heterocycles. The Labute approximate surface area is 114 Å². The standard InChI is InChI=1S/C14H9Cl2NO/c15-10-3-1-2-9-7-13(18-14(9)10)8-4-5-12(17)11(16)6-8/h1-7H,17H2. The van der Waals surface area contributed by atoms with Crippen LogP contribution in [0.25, 0.3) is 22.3 Å². The number of hydrogen-bond acceptors (Lipinski definition) is 2. The maximum atomic E-state index is 6.07. The van der Waals surface area contributed by atoms with Gasteiger partial charge in [0.15, 0.2) is 5.58 Å². The van der Waals surface area contributed by atoms with Gasteiger partial charge in [0.1, 0.15) is 5.76 Å². The number of nitrogens with two attached hydrogens (primary N) is 1. The fourth-order valence-corrected chi connectivity index (χ4v) is 2.25. The molecule has 0 aliphatic carbocycles. The van der Waals surface area contributed by atoms with E-state index in [0.29, 0.717) is 21.3 Å². The molecular formula is C14H9Cl2NO. The zero-order chi connectivity index (χ0) is 12.7. The Balaban J connectivity index is 2.19. The minimum Gasteiger partial charge on any atom is -0.455 e. The minimum absolute atomic E-state index is 0.513. The topological polar surface area (TPSA) is 39.2 Å². The number of nitrogen functional groups attached to an aromatic ring is 1. The number of hydrogen-bond donors (Lipinski definition) is 1. The summed E-state index contributed by atoms with van der Waals surface area (Å²) in [5.41, 5.74) is 7.79. The van der Waals surface area contributed by atoms with Crippen LogP contribution in [0.5, 0.6) is 0 Å². The monoisotopic (exact) mass is 277 g/mol. The summed E-state index contributed by atoms with van der Waals surface area (Å²) in [6.45, 7) is 0. The van der Waals surface area contributed by atoms with Gasteiger partial charge in [-0.05, 0) is 30.3 Å². The van der Waals surface area contributed by atoms with Crippen molar-refractivity contribution in [2.75, 3.05) is 5.73 Å². The lowest BCUT2D eigenvalue weighted by atomic mass is 10.1. The van der Waals surface area contributed by atoms with Crippen molar-refractivity contribution >= 4 is 39.9 Å². The average Bonchev–Trinajstić information content (AvgIpc) is 2.78. The molecule has 2 nitrogen and oxygen atoms in total. The zero-order valence-electron chi connectivity index (χ0n) is 9.28. The van der Waals surface area contributed by atoms with Crippen LogP contribution in [-0.2, 0) is 0 Å². The van der Waals surface area contributed by atoms with E-state index >= 15 is 0 Å². The molecule has 2 N–H and O–H groups in total. The first kappa shape index (κ1) is 11.5. The van der Waals surface area contributed by atoms with E-state index in [1.807, 2.05) is 24.3 Å². The third kappa shape index (κ3) is 1.84. The van der Waals surface area contributed by atoms with Gasteiger partial charge in [0.05, 0.1) is 15.7 Å². The van der Waals surface area contributed by atoms with Gasteiger partial charge in [0.25, 0.3) is 0 Å². The molecule has 90 valence electrons. The predicted octanol–water partition coefficient (Wildman–Crippen LogP) is 4.99. The number of halogens is 2. The van der Waals surface area contributed by atoms with Gasteiger partial charge in [-0.3, -0.25) is 0 Å². The number of para-hydroxylation sites is 1. The van der Waals surface area contributed by atoms with Crippen LogP contribution in [0.15, 0.2) is 46.9 Å². The maximum Gasteiger partial charge on any atom is 0.153 e. The van der Waals surface area contributed by atoms with E-state index in [1.165, 1.54) is 0 Å². The molecule has 1 heterocycles. The first-order chi connectivity index (χ1) is 8.65. The molecule has 3 rings (SSSR count). The van der Waals surface area contributed by atoms with E-state index in [1.54, 1.807) is 18.2 Å². The lowest BCUT2D eigenvalue weighted by Gasteiger charge is -2.00. The van der Waals surface area contributed by atoms with Crippen LogP contribution < -0.4 is 5.73 Å². The van der Waals surface area contributed by atoms with Crippen molar-refractivity contribution in [1.29, 1.82) is 0 Å². The fourth-order valence-electron chi connectivity index (χ4n) is 1.85. The molecule has 0 spiro atoms. The molecule has 0 atom stereocenters. The second kappa shape index (κ2) is 4.23. The lowest BCUT2D eigenvalue weighted by Crippen LogP contribution is -1.85. The first-order valence-electron chi connectivity index (χ1n) is 5.38. The van der Waals surface area contributed by atoms with Crippen molar-refractivity contribution < 1.29 is 4.42 Å². The summed E-state index contributed by atoms with van der Waals surface area (Å²) in [6, 6.07) is 13.0. The predicted molar refractivity (Wildman–Crippen MR) is 76.1 cm³/mol. The summed E-state index contributed by atoms with van der Waals surface area (Å²) in [6.07, 6.45) is 0. The van der Waals surface area contributed by atoms with Crippen LogP contribution in [0.3, 0.4) is 0 Å². The summed E-state index contributed by atoms with van der Waals surface area (Å²) >= 11 is 12.1. The van der Waals surface area contributed by atoms with Crippen molar-refractivity contribution in [3.05, 3.63) is 52.5 Å². The van der Waals surface area contributed by atoms with E-state index in [0.717, 1.165) is 16.7 Å². The van der Waals surface area contributed by atoms with Crippen molar-refractivity contribution in [2.45, 2.75) is 0 Å². The molecule has 0 bridgehead atoms. The highest BCUT2D eigenvalue weighted by atomic mass is 35.5. The second-order valence-corrected chi connectivity index (χ2v) is 4.82. The Hall–Kier alpha value is -1.64. The van der Waals surface area contributed by atoms with Crippen LogP contribution >= 0.6 is 23.2 Å². The van der Waals surface area contributed by atoms with Gasteiger partial charge in [0.2, 0.25) is 0 Å². The molecule has 0 radical (unpaired) electrons. The lowest BCUT2D eigenvalue weighted by molar-refractivity contribution is 0.632. The average molecular weight is 278 g/mol. The van der Waals surface area contributed by atoms with Gasteiger partial charge in [-0.25, -0.2) is 0 Å². The maximum absolute atomic E-state index is 6.07. The van der Waals surface area contributed by atoms with Gasteiger partial charge in [-0.2, -0.15) is 0 Å². The van der Waals surface area contributed by atoms with Crippen LogP contribution in [-0.4, -0.2) is 0 Å². The van der Waals surface area contributed by atoms with Crippen molar-refractivity contribution in [3.63, 3.8) is 0 Å². The molecule has 0 unspecified atom stereocenters. The summed E-state index contributed by atoms with van der Waals surface area (Å²) in [4.78, 5) is 0. The van der Waals surface area contributed by atoms with Crippen LogP contribution in [0, 0.1) is 0 Å². The van der Waals surface area contributed by atoms with E-state index in [2.05, 4.69) is 0 Å². The van der Waals surface area contributed by atoms with Crippen molar-refractivity contribution in [2.24, 2.45) is 0 Å². The Morgan fingerprint density at radius 2 is 1.78 bits per heavy atom. The van der Waals surface area contributed by atoms with Crippen LogP contribution in [0.2, 0.25) is 10.0 Å². The Morgan fingerprint density at radius 1 is 0.944 bits per heavy atom. The van der Waals surface area contributed by atoms with Gasteiger partial charge in [-0.1, -0.05) is 35.3 Å². The normalized spacial score (nSPS) is 11.0. The van der Waals surface area contributed by atoms with E-state index in [9.17, 15) is 0 Å². The Morgan fingerprint density at radius 3 is 2.50 bits per heavy atom. The Bertz CT molecular complexity index is 734. The molecule has 0 fully saturated rings. The molecule has 0 aliphatic rings. The highest BCUT2D eigenvalue weighted by Crippen LogP contribution is 2.33. The fraction of sp³-hybridized carbons (Fsp3) is 0. The molecular weight excluding hydrogens is 269 g/mol. The summed E-state index contributed by atoms with van der Waals surface area (Å²) in [5.74, 6) is 0.722. The molecule has 0 saturated carbocycles. The molecule has 4 heteroatoms. The van der Waals surface area contributed by atoms with Gasteiger partial charge in [-0.15, -0.1) is 0 Å². The quantitative estimate of drug-likeness (QED) is 0.637. The van der Waals surface area contributed by atoms with E-state index in [4.69, 9.17) is 33.4 Å². The summed E-state index contributed by atoms with van der Waals surface area (Å²) in [5, 5.41) is 2.07. The van der Waals surface area contributed by atoms with Crippen LogP contribution in [0.1, 0.15) is 0 Å². The zero-order valence-corrected chi connectivity index (χ0v) is 10.8. The third-order valence-corrected chi connectivity index (χ3v) is 3.41. The highest BCUT2D eigenvalue weighted by molar-refractivity contribution is 6.35. The highest BCUT2D eigenvalue weighted by Gasteiger charge is 2.09. The van der Waals surface area contributed by atoms with Gasteiger partial charge < -0.3 is 10.2 Å². The third-order valence-electron chi connectivity index (χ3n) is 2.78. The number of rotatable bonds is 1.